The Kier molecular flexibility index (Phi) is 7.33. The van der Waals surface area contributed by atoms with E-state index in [0.717, 1.165) is 22.4 Å². The minimum absolute atomic E-state index is 0.0724. The maximum Gasteiger partial charge on any atom is 0.254 e. The average Bonchev–Trinajstić information content (AvgIpc) is 2.82. The molecule has 0 aromatic heterocycles. The van der Waals surface area contributed by atoms with Gasteiger partial charge in [-0.2, -0.15) is 0 Å². The van der Waals surface area contributed by atoms with Gasteiger partial charge in [0.1, 0.15) is 5.75 Å². The van der Waals surface area contributed by atoms with Gasteiger partial charge < -0.3 is 19.1 Å². The Morgan fingerprint density at radius 2 is 1.52 bits per heavy atom. The quantitative estimate of drug-likeness (QED) is 0.386. The third-order valence-corrected chi connectivity index (χ3v) is 4.96. The van der Waals surface area contributed by atoms with Crippen LogP contribution in [0.2, 0.25) is 0 Å². The van der Waals surface area contributed by atoms with Crippen molar-refractivity contribution in [2.45, 2.75) is 6.54 Å². The van der Waals surface area contributed by atoms with E-state index >= 15 is 0 Å². The van der Waals surface area contributed by atoms with E-state index in [1.165, 1.54) is 0 Å². The zero-order chi connectivity index (χ0) is 22.2. The van der Waals surface area contributed by atoms with Gasteiger partial charge in [0, 0.05) is 19.2 Å². The minimum Gasteiger partial charge on any atom is -0.497 e. The normalized spacial score (nSPS) is 11.0. The number of benzene rings is 3. The van der Waals surface area contributed by atoms with Gasteiger partial charge in [-0.05, 0) is 47.0 Å². The molecule has 31 heavy (non-hydrogen) atoms. The highest BCUT2D eigenvalue weighted by Crippen LogP contribution is 2.28. The lowest BCUT2D eigenvalue weighted by Gasteiger charge is -2.20. The standard InChI is InChI=1S/C26H27NO4/c1-27(18-20-12-15-24(30-3)25(17-20)31-4)26(28)23(21-8-6-5-7-9-21)16-19-10-13-22(29-2)14-11-19/h5-17H,18H2,1-4H3/b23-16+. The van der Waals surface area contributed by atoms with E-state index in [2.05, 4.69) is 0 Å². The van der Waals surface area contributed by atoms with Crippen molar-refractivity contribution >= 4 is 17.6 Å². The summed E-state index contributed by atoms with van der Waals surface area (Å²) in [6.07, 6.45) is 1.90. The lowest BCUT2D eigenvalue weighted by molar-refractivity contribution is -0.124. The lowest BCUT2D eigenvalue weighted by atomic mass is 10.0. The molecule has 0 heterocycles. The summed E-state index contributed by atoms with van der Waals surface area (Å²) in [5.41, 5.74) is 3.36. The molecule has 0 fully saturated rings. The van der Waals surface area contributed by atoms with Crippen LogP contribution >= 0.6 is 0 Å². The van der Waals surface area contributed by atoms with Gasteiger partial charge in [0.05, 0.1) is 21.3 Å². The second-order valence-corrected chi connectivity index (χ2v) is 7.05. The molecule has 0 atom stereocenters. The summed E-state index contributed by atoms with van der Waals surface area (Å²) in [5.74, 6) is 2.00. The number of rotatable bonds is 8. The molecular formula is C26H27NO4. The molecule has 0 saturated heterocycles. The van der Waals surface area contributed by atoms with Crippen molar-refractivity contribution in [3.8, 4) is 17.2 Å². The number of likely N-dealkylation sites (N-methyl/N-ethyl adjacent to an activating group) is 1. The first-order valence-corrected chi connectivity index (χ1v) is 9.93. The lowest BCUT2D eigenvalue weighted by Crippen LogP contribution is -2.27. The van der Waals surface area contributed by atoms with Crippen LogP contribution in [-0.2, 0) is 11.3 Å². The fourth-order valence-electron chi connectivity index (χ4n) is 3.28. The van der Waals surface area contributed by atoms with E-state index < -0.39 is 0 Å². The average molecular weight is 418 g/mol. The number of amides is 1. The largest absolute Gasteiger partial charge is 0.497 e. The highest BCUT2D eigenvalue weighted by atomic mass is 16.5. The Labute approximate surface area is 183 Å². The molecule has 0 radical (unpaired) electrons. The first kappa shape index (κ1) is 22.0. The summed E-state index contributed by atoms with van der Waals surface area (Å²) in [6, 6.07) is 23.0. The fraction of sp³-hybridized carbons (Fsp3) is 0.192. The van der Waals surface area contributed by atoms with E-state index in [1.54, 1.807) is 33.3 Å². The van der Waals surface area contributed by atoms with E-state index in [-0.39, 0.29) is 5.91 Å². The third kappa shape index (κ3) is 5.45. The van der Waals surface area contributed by atoms with Crippen molar-refractivity contribution in [2.24, 2.45) is 0 Å². The van der Waals surface area contributed by atoms with Crippen molar-refractivity contribution in [3.63, 3.8) is 0 Å². The Hall–Kier alpha value is -3.73. The Bertz CT molecular complexity index is 1040. The van der Waals surface area contributed by atoms with Crippen molar-refractivity contribution in [2.75, 3.05) is 28.4 Å². The summed E-state index contributed by atoms with van der Waals surface area (Å²) >= 11 is 0. The summed E-state index contributed by atoms with van der Waals surface area (Å²) in [4.78, 5) is 15.1. The predicted octanol–water partition coefficient (Wildman–Crippen LogP) is 4.91. The first-order valence-electron chi connectivity index (χ1n) is 9.93. The van der Waals surface area contributed by atoms with Crippen LogP contribution < -0.4 is 14.2 Å². The number of hydrogen-bond donors (Lipinski definition) is 0. The monoisotopic (exact) mass is 417 g/mol. The molecule has 5 nitrogen and oxygen atoms in total. The Morgan fingerprint density at radius 3 is 2.13 bits per heavy atom. The molecule has 0 aliphatic heterocycles. The SMILES string of the molecule is COc1ccc(/C=C(/C(=O)N(C)Cc2ccc(OC)c(OC)c2)c2ccccc2)cc1. The molecule has 0 unspecified atom stereocenters. The van der Waals surface area contributed by atoms with Gasteiger partial charge in [-0.15, -0.1) is 0 Å². The molecular weight excluding hydrogens is 390 g/mol. The van der Waals surface area contributed by atoms with Crippen LogP contribution in [0.15, 0.2) is 72.8 Å². The summed E-state index contributed by atoms with van der Waals surface area (Å²) in [6.45, 7) is 0.436. The smallest absolute Gasteiger partial charge is 0.254 e. The number of nitrogens with zero attached hydrogens (tertiary/aromatic N) is 1. The van der Waals surface area contributed by atoms with E-state index in [4.69, 9.17) is 14.2 Å². The number of methoxy groups -OCH3 is 3. The van der Waals surface area contributed by atoms with Crippen LogP contribution in [0.5, 0.6) is 17.2 Å². The molecule has 0 aliphatic carbocycles. The molecule has 0 aliphatic rings. The number of ether oxygens (including phenoxy) is 3. The van der Waals surface area contributed by atoms with Crippen molar-refractivity contribution < 1.29 is 19.0 Å². The molecule has 1 amide bonds. The molecule has 3 aromatic carbocycles. The van der Waals surface area contributed by atoms with Gasteiger partial charge in [-0.25, -0.2) is 0 Å². The van der Waals surface area contributed by atoms with E-state index in [0.29, 0.717) is 23.6 Å². The summed E-state index contributed by atoms with van der Waals surface area (Å²) < 4.78 is 15.9. The first-order chi connectivity index (χ1) is 15.0. The second-order valence-electron chi connectivity index (χ2n) is 7.05. The second kappa shape index (κ2) is 10.3. The predicted molar refractivity (Wildman–Crippen MR) is 123 cm³/mol. The third-order valence-electron chi connectivity index (χ3n) is 4.96. The van der Waals surface area contributed by atoms with Crippen LogP contribution in [-0.4, -0.2) is 39.2 Å². The number of carbonyl (C=O) groups excluding carboxylic acids is 1. The van der Waals surface area contributed by atoms with Gasteiger partial charge >= 0.3 is 0 Å². The van der Waals surface area contributed by atoms with Gasteiger partial charge in [-0.1, -0.05) is 48.5 Å². The number of carbonyl (C=O) groups is 1. The maximum absolute atomic E-state index is 13.4. The zero-order valence-electron chi connectivity index (χ0n) is 18.3. The Morgan fingerprint density at radius 1 is 0.839 bits per heavy atom. The molecule has 5 heteroatoms. The van der Waals surface area contributed by atoms with Crippen LogP contribution in [0.3, 0.4) is 0 Å². The van der Waals surface area contributed by atoms with E-state index in [1.807, 2.05) is 78.9 Å². The Balaban J connectivity index is 1.89. The van der Waals surface area contributed by atoms with Crippen LogP contribution in [0.1, 0.15) is 16.7 Å². The number of hydrogen-bond acceptors (Lipinski definition) is 4. The molecule has 0 N–H and O–H groups in total. The van der Waals surface area contributed by atoms with Crippen LogP contribution in [0.25, 0.3) is 11.6 Å². The molecule has 0 spiro atoms. The molecule has 0 saturated carbocycles. The van der Waals surface area contributed by atoms with Gasteiger partial charge in [0.2, 0.25) is 0 Å². The minimum atomic E-state index is -0.0724. The van der Waals surface area contributed by atoms with E-state index in [9.17, 15) is 4.79 Å². The maximum atomic E-state index is 13.4. The highest BCUT2D eigenvalue weighted by Gasteiger charge is 2.18. The van der Waals surface area contributed by atoms with Gasteiger partial charge in [0.15, 0.2) is 11.5 Å². The highest BCUT2D eigenvalue weighted by molar-refractivity contribution is 6.24. The molecule has 0 bridgehead atoms. The topological polar surface area (TPSA) is 48.0 Å². The van der Waals surface area contributed by atoms with Crippen LogP contribution in [0, 0.1) is 0 Å². The molecule has 3 rings (SSSR count). The van der Waals surface area contributed by atoms with Gasteiger partial charge in [-0.3, -0.25) is 4.79 Å². The van der Waals surface area contributed by atoms with Gasteiger partial charge in [0.25, 0.3) is 5.91 Å². The fourth-order valence-corrected chi connectivity index (χ4v) is 3.28. The van der Waals surface area contributed by atoms with Crippen molar-refractivity contribution in [1.82, 2.24) is 4.90 Å². The van der Waals surface area contributed by atoms with Crippen LogP contribution in [0.4, 0.5) is 0 Å². The summed E-state index contributed by atoms with van der Waals surface area (Å²) in [5, 5.41) is 0. The van der Waals surface area contributed by atoms with Crippen molar-refractivity contribution in [1.29, 1.82) is 0 Å². The summed E-state index contributed by atoms with van der Waals surface area (Å²) in [7, 11) is 6.63. The molecule has 3 aromatic rings. The molecule has 160 valence electrons. The zero-order valence-corrected chi connectivity index (χ0v) is 18.3. The van der Waals surface area contributed by atoms with Crippen molar-refractivity contribution in [3.05, 3.63) is 89.5 Å².